The van der Waals surface area contributed by atoms with Gasteiger partial charge in [-0.05, 0) is 56.8 Å². The molecule has 0 bridgehead atoms. The zero-order valence-electron chi connectivity index (χ0n) is 24.7. The van der Waals surface area contributed by atoms with Crippen molar-refractivity contribution in [2.24, 2.45) is 17.6 Å². The van der Waals surface area contributed by atoms with Crippen LogP contribution in [0.25, 0.3) is 10.9 Å². The van der Waals surface area contributed by atoms with Gasteiger partial charge in [0, 0.05) is 55.4 Å². The molecule has 1 aromatic carbocycles. The lowest BCUT2D eigenvalue weighted by Crippen LogP contribution is -2.55. The van der Waals surface area contributed by atoms with Crippen LogP contribution in [0.5, 0.6) is 0 Å². The Hall–Kier alpha value is -3.65. The summed E-state index contributed by atoms with van der Waals surface area (Å²) >= 11 is 0. The van der Waals surface area contributed by atoms with Crippen molar-refractivity contribution in [3.8, 4) is 0 Å². The van der Waals surface area contributed by atoms with Crippen molar-refractivity contribution in [1.82, 2.24) is 29.0 Å². The number of rotatable bonds is 8. The molecule has 0 radical (unpaired) electrons. The molecule has 1 atom stereocenters. The van der Waals surface area contributed by atoms with Crippen LogP contribution in [0.1, 0.15) is 52.0 Å². The van der Waals surface area contributed by atoms with E-state index in [0.29, 0.717) is 30.8 Å². The third-order valence-corrected chi connectivity index (χ3v) is 10.4. The Morgan fingerprint density at radius 3 is 2.55 bits per heavy atom. The maximum absolute atomic E-state index is 14.1. The van der Waals surface area contributed by atoms with Crippen molar-refractivity contribution >= 4 is 32.5 Å². The number of nitrogens with one attached hydrogen (secondary N) is 2. The third kappa shape index (κ3) is 5.21. The molecule has 3 fully saturated rings. The van der Waals surface area contributed by atoms with Gasteiger partial charge in [0.25, 0.3) is 5.56 Å². The van der Waals surface area contributed by atoms with E-state index in [2.05, 4.69) is 20.0 Å². The SMILES string of the molecule is CON=c1[nH]c2c(N3CCN(C(=O)C4(C)CC4)[C@H](C)C3)cc(S(=O)(=O)NC3(C)CC3)cc2c(=O)n1Cc1cnn(C)c1. The fourth-order valence-corrected chi connectivity index (χ4v) is 7.18. The van der Waals surface area contributed by atoms with Crippen molar-refractivity contribution in [1.29, 1.82) is 0 Å². The first-order valence-electron chi connectivity index (χ1n) is 14.3. The lowest BCUT2D eigenvalue weighted by Gasteiger charge is -2.42. The molecular formula is C28H38N8O5S. The van der Waals surface area contributed by atoms with Crippen LogP contribution in [0.4, 0.5) is 5.69 Å². The summed E-state index contributed by atoms with van der Waals surface area (Å²) in [5, 5.41) is 8.50. The third-order valence-electron chi connectivity index (χ3n) is 8.77. The van der Waals surface area contributed by atoms with E-state index in [4.69, 9.17) is 4.84 Å². The highest BCUT2D eigenvalue weighted by atomic mass is 32.2. The van der Waals surface area contributed by atoms with Gasteiger partial charge in [0.1, 0.15) is 7.11 Å². The minimum absolute atomic E-state index is 0.0182. The molecule has 0 unspecified atom stereocenters. The van der Waals surface area contributed by atoms with Crippen LogP contribution in [0, 0.1) is 5.41 Å². The number of hydrogen-bond donors (Lipinski definition) is 2. The largest absolute Gasteiger partial charge is 0.396 e. The lowest BCUT2D eigenvalue weighted by molar-refractivity contribution is -0.138. The molecule has 2 N–H and O–H groups in total. The van der Waals surface area contributed by atoms with Crippen LogP contribution >= 0.6 is 0 Å². The van der Waals surface area contributed by atoms with Crippen LogP contribution in [0.2, 0.25) is 0 Å². The van der Waals surface area contributed by atoms with Crippen LogP contribution in [-0.4, -0.2) is 76.9 Å². The summed E-state index contributed by atoms with van der Waals surface area (Å²) in [7, 11) is -0.741. The van der Waals surface area contributed by atoms with E-state index in [9.17, 15) is 18.0 Å². The molecule has 42 heavy (non-hydrogen) atoms. The zero-order chi connectivity index (χ0) is 30.0. The fourth-order valence-electron chi connectivity index (χ4n) is 5.67. The zero-order valence-corrected chi connectivity index (χ0v) is 25.5. The maximum Gasteiger partial charge on any atom is 0.263 e. The van der Waals surface area contributed by atoms with Crippen LogP contribution in [0.15, 0.2) is 39.4 Å². The second-order valence-electron chi connectivity index (χ2n) is 12.5. The number of carbonyl (C=O) groups is 1. The minimum atomic E-state index is -3.93. The molecule has 1 aliphatic heterocycles. The number of aryl methyl sites for hydroxylation is 1. The van der Waals surface area contributed by atoms with Crippen molar-refractivity contribution < 1.29 is 18.0 Å². The number of carbonyl (C=O) groups excluding carboxylic acids is 1. The van der Waals surface area contributed by atoms with Gasteiger partial charge in [-0.3, -0.25) is 18.8 Å². The molecule has 3 aromatic rings. The second-order valence-corrected chi connectivity index (χ2v) is 14.2. The summed E-state index contributed by atoms with van der Waals surface area (Å²) in [6, 6.07) is 2.94. The smallest absolute Gasteiger partial charge is 0.263 e. The molecule has 13 nitrogen and oxygen atoms in total. The summed E-state index contributed by atoms with van der Waals surface area (Å²) < 4.78 is 33.1. The quantitative estimate of drug-likeness (QED) is 0.371. The van der Waals surface area contributed by atoms with Gasteiger partial charge in [-0.1, -0.05) is 6.92 Å². The summed E-state index contributed by atoms with van der Waals surface area (Å²) in [4.78, 5) is 39.6. The molecule has 3 aliphatic rings. The van der Waals surface area contributed by atoms with Gasteiger partial charge in [0.2, 0.25) is 21.5 Å². The number of benzene rings is 1. The van der Waals surface area contributed by atoms with Crippen LogP contribution < -0.4 is 20.8 Å². The molecule has 2 saturated carbocycles. The number of anilines is 1. The molecule has 0 spiro atoms. The Balaban J connectivity index is 1.48. The predicted molar refractivity (Wildman–Crippen MR) is 156 cm³/mol. The first-order chi connectivity index (χ1) is 19.8. The van der Waals surface area contributed by atoms with E-state index in [-0.39, 0.29) is 39.8 Å². The van der Waals surface area contributed by atoms with Gasteiger partial charge < -0.3 is 19.6 Å². The average molecular weight is 599 g/mol. The molecule has 3 heterocycles. The summed E-state index contributed by atoms with van der Waals surface area (Å²) in [5.74, 6) is 0.170. The standard InChI is InChI=1S/C28H38N8O5S/c1-18-15-34(10-11-35(18)25(38)27(2)6-7-27)22-13-20(42(39,40)32-28(3)8-9-28)12-21-23(22)30-26(31-41-5)36(24(21)37)17-19-14-29-33(4)16-19/h12-14,16,18,32H,6-11,15,17H2,1-5H3,(H,30,31)/t18-/m1/s1. The first kappa shape index (κ1) is 28.5. The molecule has 2 aliphatic carbocycles. The molecule has 2 aromatic heterocycles. The van der Waals surface area contributed by atoms with Gasteiger partial charge in [0.05, 0.1) is 34.2 Å². The monoisotopic (exact) mass is 598 g/mol. The molecular weight excluding hydrogens is 560 g/mol. The number of H-pyrrole nitrogens is 1. The Kier molecular flexibility index (Phi) is 6.76. The van der Waals surface area contributed by atoms with Gasteiger partial charge >= 0.3 is 0 Å². The van der Waals surface area contributed by atoms with E-state index in [1.54, 1.807) is 30.2 Å². The van der Waals surface area contributed by atoms with Gasteiger partial charge in [-0.15, -0.1) is 0 Å². The highest BCUT2D eigenvalue weighted by Gasteiger charge is 2.48. The Bertz CT molecular complexity index is 1800. The number of sulfonamides is 1. The molecule has 1 amide bonds. The van der Waals surface area contributed by atoms with Crippen molar-refractivity contribution in [3.05, 3.63) is 46.1 Å². The number of amides is 1. The molecule has 6 rings (SSSR count). The molecule has 14 heteroatoms. The van der Waals surface area contributed by atoms with Gasteiger partial charge in [-0.2, -0.15) is 5.10 Å². The first-order valence-corrected chi connectivity index (χ1v) is 15.8. The molecule has 226 valence electrons. The second kappa shape index (κ2) is 9.97. The van der Waals surface area contributed by atoms with Crippen LogP contribution in [0.3, 0.4) is 0 Å². The predicted octanol–water partition coefficient (Wildman–Crippen LogP) is 1.24. The number of nitrogens with zero attached hydrogens (tertiary/aromatic N) is 6. The Labute approximate surface area is 244 Å². The Morgan fingerprint density at radius 2 is 1.95 bits per heavy atom. The fraction of sp³-hybridized carbons (Fsp3) is 0.571. The van der Waals surface area contributed by atoms with Crippen LogP contribution in [-0.2, 0) is 33.2 Å². The number of piperazine rings is 1. The van der Waals surface area contributed by atoms with E-state index >= 15 is 0 Å². The average Bonchev–Trinajstić information content (AvgIpc) is 3.82. The summed E-state index contributed by atoms with van der Waals surface area (Å²) in [6.45, 7) is 7.50. The number of hydrogen-bond acceptors (Lipinski definition) is 8. The van der Waals surface area contributed by atoms with E-state index in [0.717, 1.165) is 31.2 Å². The van der Waals surface area contributed by atoms with E-state index in [1.165, 1.54) is 17.7 Å². The minimum Gasteiger partial charge on any atom is -0.396 e. The van der Waals surface area contributed by atoms with Gasteiger partial charge in [-0.25, -0.2) is 13.1 Å². The van der Waals surface area contributed by atoms with Crippen molar-refractivity contribution in [2.75, 3.05) is 31.6 Å². The normalized spacial score (nSPS) is 21.5. The highest BCUT2D eigenvalue weighted by Crippen LogP contribution is 2.47. The summed E-state index contributed by atoms with van der Waals surface area (Å²) in [6.07, 6.45) is 6.77. The number of fused-ring (bicyclic) bond motifs is 1. The number of aromatic nitrogens is 4. The maximum atomic E-state index is 14.1. The van der Waals surface area contributed by atoms with Crippen molar-refractivity contribution in [3.63, 3.8) is 0 Å². The summed E-state index contributed by atoms with van der Waals surface area (Å²) in [5.41, 5.74) is 0.795. The van der Waals surface area contributed by atoms with E-state index < -0.39 is 21.1 Å². The topological polar surface area (TPSA) is 147 Å². The number of aromatic amines is 1. The van der Waals surface area contributed by atoms with Gasteiger partial charge in [0.15, 0.2) is 0 Å². The van der Waals surface area contributed by atoms with E-state index in [1.807, 2.05) is 30.6 Å². The molecule has 1 saturated heterocycles. The lowest BCUT2D eigenvalue weighted by atomic mass is 10.0. The highest BCUT2D eigenvalue weighted by molar-refractivity contribution is 7.89. The Morgan fingerprint density at radius 1 is 1.21 bits per heavy atom. The van der Waals surface area contributed by atoms with Crippen molar-refractivity contribution in [2.45, 2.75) is 69.5 Å².